The fourth-order valence-electron chi connectivity index (χ4n) is 4.90. The smallest absolute Gasteiger partial charge is 0.462 e. The standard InChI is InChI=1S/C38H68O9/c1-4-6-8-10-12-16-22-31-43-37(40)45-33-24-18-14-20-27-35(47-36(39)29-26-30-42-3)28-21-15-19-25-34-46-38(41)44-32-23-17-13-11-9-7-5-2/h16-17,22-23,35H,4-15,18-21,24-34H2,1-3H3/b22-16+,23-17+. The van der Waals surface area contributed by atoms with E-state index in [1.165, 1.54) is 51.4 Å². The van der Waals surface area contributed by atoms with Crippen LogP contribution in [0.5, 0.6) is 0 Å². The highest BCUT2D eigenvalue weighted by Gasteiger charge is 2.14. The number of ether oxygens (including phenoxy) is 6. The second kappa shape index (κ2) is 36.3. The van der Waals surface area contributed by atoms with Crippen LogP contribution < -0.4 is 0 Å². The summed E-state index contributed by atoms with van der Waals surface area (Å²) in [6.45, 7) is 6.11. The highest BCUT2D eigenvalue weighted by atomic mass is 16.7. The molecule has 47 heavy (non-hydrogen) atoms. The van der Waals surface area contributed by atoms with Gasteiger partial charge in [0.2, 0.25) is 0 Å². The maximum Gasteiger partial charge on any atom is 0.508 e. The Morgan fingerprint density at radius 1 is 0.511 bits per heavy atom. The third kappa shape index (κ3) is 34.6. The summed E-state index contributed by atoms with van der Waals surface area (Å²) in [5.41, 5.74) is 0. The number of allylic oxidation sites excluding steroid dienone is 2. The molecule has 9 nitrogen and oxygen atoms in total. The quantitative estimate of drug-likeness (QED) is 0.0292. The summed E-state index contributed by atoms with van der Waals surface area (Å²) < 4.78 is 31.3. The topological polar surface area (TPSA) is 107 Å². The number of hydrogen-bond acceptors (Lipinski definition) is 9. The van der Waals surface area contributed by atoms with Gasteiger partial charge in [0.15, 0.2) is 0 Å². The minimum Gasteiger partial charge on any atom is -0.462 e. The third-order valence-corrected chi connectivity index (χ3v) is 7.69. The molecule has 0 bridgehead atoms. The number of carbonyl (C=O) groups is 3. The van der Waals surface area contributed by atoms with Gasteiger partial charge in [0, 0.05) is 20.1 Å². The van der Waals surface area contributed by atoms with Crippen molar-refractivity contribution >= 4 is 18.3 Å². The van der Waals surface area contributed by atoms with Gasteiger partial charge < -0.3 is 28.4 Å². The lowest BCUT2D eigenvalue weighted by atomic mass is 10.0. The van der Waals surface area contributed by atoms with Crippen LogP contribution in [-0.4, -0.2) is 64.5 Å². The molecule has 0 radical (unpaired) electrons. The van der Waals surface area contributed by atoms with Crippen LogP contribution in [0.2, 0.25) is 0 Å². The Hall–Kier alpha value is -2.55. The first kappa shape index (κ1) is 44.5. The summed E-state index contributed by atoms with van der Waals surface area (Å²) in [5.74, 6) is -0.177. The van der Waals surface area contributed by atoms with Crippen molar-refractivity contribution in [2.75, 3.05) is 40.1 Å². The van der Waals surface area contributed by atoms with Crippen molar-refractivity contribution in [3.63, 3.8) is 0 Å². The first-order chi connectivity index (χ1) is 23.0. The van der Waals surface area contributed by atoms with E-state index in [1.807, 2.05) is 12.2 Å². The molecule has 0 heterocycles. The van der Waals surface area contributed by atoms with E-state index >= 15 is 0 Å². The first-order valence-corrected chi connectivity index (χ1v) is 18.6. The van der Waals surface area contributed by atoms with Gasteiger partial charge in [0.1, 0.15) is 19.3 Å². The van der Waals surface area contributed by atoms with Crippen molar-refractivity contribution in [3.05, 3.63) is 24.3 Å². The van der Waals surface area contributed by atoms with Crippen LogP contribution in [0, 0.1) is 0 Å². The van der Waals surface area contributed by atoms with Gasteiger partial charge in [-0.15, -0.1) is 0 Å². The monoisotopic (exact) mass is 668 g/mol. The van der Waals surface area contributed by atoms with Crippen molar-refractivity contribution in [1.82, 2.24) is 0 Å². The zero-order chi connectivity index (χ0) is 34.5. The molecule has 0 aromatic heterocycles. The zero-order valence-corrected chi connectivity index (χ0v) is 30.2. The molecule has 0 saturated heterocycles. The minimum atomic E-state index is -0.621. The number of unbranched alkanes of at least 4 members (excludes halogenated alkanes) is 14. The molecular weight excluding hydrogens is 600 g/mol. The van der Waals surface area contributed by atoms with Gasteiger partial charge in [-0.1, -0.05) is 102 Å². The summed E-state index contributed by atoms with van der Waals surface area (Å²) in [6.07, 6.45) is 28.2. The van der Waals surface area contributed by atoms with Crippen molar-refractivity contribution in [3.8, 4) is 0 Å². The number of esters is 1. The Balaban J connectivity index is 4.04. The van der Waals surface area contributed by atoms with E-state index in [1.54, 1.807) is 7.11 Å². The number of rotatable bonds is 33. The average molecular weight is 669 g/mol. The molecule has 0 saturated carbocycles. The molecule has 0 spiro atoms. The molecule has 9 heteroatoms. The zero-order valence-electron chi connectivity index (χ0n) is 30.2. The summed E-state index contributed by atoms with van der Waals surface area (Å²) >= 11 is 0. The molecule has 0 aliphatic carbocycles. The van der Waals surface area contributed by atoms with Gasteiger partial charge in [-0.05, 0) is 70.6 Å². The van der Waals surface area contributed by atoms with Gasteiger partial charge in [0.25, 0.3) is 0 Å². The molecule has 0 fully saturated rings. The predicted molar refractivity (Wildman–Crippen MR) is 188 cm³/mol. The molecule has 274 valence electrons. The second-order valence-corrected chi connectivity index (χ2v) is 12.1. The lowest BCUT2D eigenvalue weighted by Gasteiger charge is -2.18. The predicted octanol–water partition coefficient (Wildman–Crippen LogP) is 10.6. The Morgan fingerprint density at radius 3 is 1.45 bits per heavy atom. The molecule has 0 aliphatic rings. The lowest BCUT2D eigenvalue weighted by molar-refractivity contribution is -0.150. The van der Waals surface area contributed by atoms with Crippen LogP contribution in [-0.2, 0) is 33.2 Å². The largest absolute Gasteiger partial charge is 0.508 e. The fourth-order valence-corrected chi connectivity index (χ4v) is 4.90. The van der Waals surface area contributed by atoms with Crippen LogP contribution in [0.25, 0.3) is 0 Å². The molecule has 0 aromatic carbocycles. The van der Waals surface area contributed by atoms with E-state index in [9.17, 15) is 14.4 Å². The van der Waals surface area contributed by atoms with Gasteiger partial charge in [-0.3, -0.25) is 4.79 Å². The Kier molecular flexibility index (Phi) is 34.3. The van der Waals surface area contributed by atoms with Crippen LogP contribution in [0.4, 0.5) is 9.59 Å². The second-order valence-electron chi connectivity index (χ2n) is 12.1. The van der Waals surface area contributed by atoms with Gasteiger partial charge in [0.05, 0.1) is 13.2 Å². The molecular formula is C38H68O9. The van der Waals surface area contributed by atoms with Crippen molar-refractivity contribution in [2.45, 2.75) is 161 Å². The normalized spacial score (nSPS) is 11.4. The van der Waals surface area contributed by atoms with Crippen LogP contribution in [0.3, 0.4) is 0 Å². The molecule has 0 N–H and O–H groups in total. The summed E-state index contributed by atoms with van der Waals surface area (Å²) in [6, 6.07) is 0. The first-order valence-electron chi connectivity index (χ1n) is 18.6. The number of methoxy groups -OCH3 is 1. The van der Waals surface area contributed by atoms with E-state index in [0.717, 1.165) is 77.0 Å². The van der Waals surface area contributed by atoms with E-state index < -0.39 is 12.3 Å². The van der Waals surface area contributed by atoms with Crippen LogP contribution in [0.15, 0.2) is 24.3 Å². The SMILES string of the molecule is CCCCCC/C=C/COC(=O)OCCCCCCC(CCCCCCOC(=O)OC/C=C/CCCCCC)OC(=O)CCCOC. The number of carbonyl (C=O) groups excluding carboxylic acids is 3. The van der Waals surface area contributed by atoms with Crippen LogP contribution in [0.1, 0.15) is 155 Å². The van der Waals surface area contributed by atoms with E-state index in [2.05, 4.69) is 26.0 Å². The molecule has 0 aromatic rings. The molecule has 0 unspecified atom stereocenters. The van der Waals surface area contributed by atoms with Crippen molar-refractivity contribution in [1.29, 1.82) is 0 Å². The van der Waals surface area contributed by atoms with Crippen molar-refractivity contribution in [2.24, 2.45) is 0 Å². The highest BCUT2D eigenvalue weighted by molar-refractivity contribution is 5.69. The molecule has 0 rings (SSSR count). The summed E-state index contributed by atoms with van der Waals surface area (Å²) in [5, 5.41) is 0. The number of hydrogen-bond donors (Lipinski definition) is 0. The van der Waals surface area contributed by atoms with Gasteiger partial charge in [-0.2, -0.15) is 0 Å². The fraction of sp³-hybridized carbons (Fsp3) is 0.816. The Morgan fingerprint density at radius 2 is 0.979 bits per heavy atom. The minimum absolute atomic E-state index is 0.109. The van der Waals surface area contributed by atoms with Crippen molar-refractivity contribution < 1.29 is 42.8 Å². The van der Waals surface area contributed by atoms with Gasteiger partial charge >= 0.3 is 18.3 Å². The lowest BCUT2D eigenvalue weighted by Crippen LogP contribution is -2.18. The van der Waals surface area contributed by atoms with E-state index in [0.29, 0.717) is 32.7 Å². The van der Waals surface area contributed by atoms with E-state index in [-0.39, 0.29) is 25.3 Å². The molecule has 0 aliphatic heterocycles. The highest BCUT2D eigenvalue weighted by Crippen LogP contribution is 2.17. The van der Waals surface area contributed by atoms with E-state index in [4.69, 9.17) is 28.4 Å². The molecule has 0 amide bonds. The third-order valence-electron chi connectivity index (χ3n) is 7.69. The average Bonchev–Trinajstić information content (AvgIpc) is 3.06. The molecule has 0 atom stereocenters. The van der Waals surface area contributed by atoms with Crippen LogP contribution >= 0.6 is 0 Å². The Labute approximate surface area is 286 Å². The summed E-state index contributed by atoms with van der Waals surface area (Å²) in [4.78, 5) is 35.8. The maximum absolute atomic E-state index is 12.3. The van der Waals surface area contributed by atoms with Gasteiger partial charge in [-0.25, -0.2) is 9.59 Å². The summed E-state index contributed by atoms with van der Waals surface area (Å²) in [7, 11) is 1.62. The maximum atomic E-state index is 12.3. The Bertz CT molecular complexity index is 729.